The average molecular weight is 300 g/mol. The van der Waals surface area contributed by atoms with Crippen molar-refractivity contribution in [3.63, 3.8) is 0 Å². The van der Waals surface area contributed by atoms with E-state index in [4.69, 9.17) is 26.3 Å². The quantitative estimate of drug-likeness (QED) is 0.854. The topological polar surface area (TPSA) is 42.2 Å². The normalized spacial score (nSPS) is 16.5. The van der Waals surface area contributed by atoms with Crippen molar-refractivity contribution in [2.24, 2.45) is 0 Å². The fourth-order valence-electron chi connectivity index (χ4n) is 2.46. The summed E-state index contributed by atoms with van der Waals surface area (Å²) < 4.78 is 11.5. The Labute approximate surface area is 128 Å². The molecule has 0 aliphatic carbocycles. The summed E-state index contributed by atoms with van der Waals surface area (Å²) in [4.78, 5) is 0. The van der Waals surface area contributed by atoms with Gasteiger partial charge in [0.25, 0.3) is 0 Å². The molecule has 1 aliphatic heterocycles. The van der Waals surface area contributed by atoms with Crippen LogP contribution in [-0.2, 0) is 0 Å². The Bertz CT molecular complexity index is 693. The lowest BCUT2D eigenvalue weighted by Gasteiger charge is -2.25. The maximum atomic E-state index is 8.86. The summed E-state index contributed by atoms with van der Waals surface area (Å²) in [5.41, 5.74) is 1.64. The van der Waals surface area contributed by atoms with E-state index in [-0.39, 0.29) is 0 Å². The first kappa shape index (κ1) is 13.8. The fraction of sp³-hybridized carbons (Fsp3) is 0.235. The van der Waals surface area contributed by atoms with E-state index in [1.165, 1.54) is 5.56 Å². The van der Waals surface area contributed by atoms with Crippen LogP contribution in [0.2, 0.25) is 5.02 Å². The van der Waals surface area contributed by atoms with Crippen molar-refractivity contribution in [1.82, 2.24) is 0 Å². The van der Waals surface area contributed by atoms with Gasteiger partial charge >= 0.3 is 0 Å². The van der Waals surface area contributed by atoms with Gasteiger partial charge in [-0.05, 0) is 24.6 Å². The molecule has 0 N–H and O–H groups in total. The number of rotatable bonds is 3. The van der Waals surface area contributed by atoms with Crippen molar-refractivity contribution < 1.29 is 9.47 Å². The van der Waals surface area contributed by atoms with Gasteiger partial charge < -0.3 is 9.47 Å². The highest BCUT2D eigenvalue weighted by Gasteiger charge is 2.21. The van der Waals surface area contributed by atoms with Crippen LogP contribution < -0.4 is 9.47 Å². The Kier molecular flexibility index (Phi) is 3.98. The first-order valence-corrected chi connectivity index (χ1v) is 7.20. The molecule has 0 radical (unpaired) electrons. The molecule has 0 saturated heterocycles. The summed E-state index contributed by atoms with van der Waals surface area (Å²) in [6, 6.07) is 15.2. The SMILES string of the molecule is N#Cc1ccc(OCC2CCOc3ccccc32)cc1Cl. The summed E-state index contributed by atoms with van der Waals surface area (Å²) in [6.45, 7) is 1.28. The van der Waals surface area contributed by atoms with Gasteiger partial charge in [-0.3, -0.25) is 0 Å². The summed E-state index contributed by atoms with van der Waals surface area (Å²) in [6.07, 6.45) is 0.932. The van der Waals surface area contributed by atoms with E-state index in [1.54, 1.807) is 18.2 Å². The molecule has 2 aromatic rings. The molecule has 0 saturated carbocycles. The molecule has 106 valence electrons. The fourth-order valence-corrected chi connectivity index (χ4v) is 2.67. The maximum absolute atomic E-state index is 8.86. The van der Waals surface area contributed by atoms with Crippen LogP contribution in [0.15, 0.2) is 42.5 Å². The van der Waals surface area contributed by atoms with Crippen molar-refractivity contribution in [3.05, 3.63) is 58.6 Å². The summed E-state index contributed by atoms with van der Waals surface area (Å²) in [7, 11) is 0. The van der Waals surface area contributed by atoms with Crippen LogP contribution >= 0.6 is 11.6 Å². The van der Waals surface area contributed by atoms with E-state index in [1.807, 2.05) is 24.3 Å². The Morgan fingerprint density at radius 3 is 2.95 bits per heavy atom. The van der Waals surface area contributed by atoms with Crippen molar-refractivity contribution in [1.29, 1.82) is 5.26 Å². The van der Waals surface area contributed by atoms with Gasteiger partial charge in [0.1, 0.15) is 17.6 Å². The minimum Gasteiger partial charge on any atom is -0.493 e. The largest absolute Gasteiger partial charge is 0.493 e. The van der Waals surface area contributed by atoms with E-state index < -0.39 is 0 Å². The molecule has 1 aliphatic rings. The maximum Gasteiger partial charge on any atom is 0.122 e. The molecule has 3 nitrogen and oxygen atoms in total. The van der Waals surface area contributed by atoms with E-state index >= 15 is 0 Å². The van der Waals surface area contributed by atoms with E-state index in [0.717, 1.165) is 12.2 Å². The summed E-state index contributed by atoms with van der Waals surface area (Å²) >= 11 is 6.01. The second kappa shape index (κ2) is 6.07. The predicted molar refractivity (Wildman–Crippen MR) is 81.0 cm³/mol. The van der Waals surface area contributed by atoms with E-state index in [2.05, 4.69) is 6.07 Å². The molecule has 0 bridgehead atoms. The Balaban J connectivity index is 1.72. The van der Waals surface area contributed by atoms with Crippen LogP contribution in [0.25, 0.3) is 0 Å². The molecule has 2 aromatic carbocycles. The third-order valence-corrected chi connectivity index (χ3v) is 3.91. The van der Waals surface area contributed by atoms with Gasteiger partial charge in [-0.15, -0.1) is 0 Å². The molecule has 0 spiro atoms. The molecule has 0 amide bonds. The number of hydrogen-bond acceptors (Lipinski definition) is 3. The zero-order valence-electron chi connectivity index (χ0n) is 11.4. The van der Waals surface area contributed by atoms with Crippen LogP contribution in [0.3, 0.4) is 0 Å². The molecular formula is C17H14ClNO2. The summed E-state index contributed by atoms with van der Waals surface area (Å²) in [5, 5.41) is 9.28. The minimum absolute atomic E-state index is 0.310. The van der Waals surface area contributed by atoms with Crippen molar-refractivity contribution in [3.8, 4) is 17.6 Å². The van der Waals surface area contributed by atoms with Gasteiger partial charge in [0.15, 0.2) is 0 Å². The lowest BCUT2D eigenvalue weighted by atomic mass is 9.94. The Hall–Kier alpha value is -2.18. The number of nitrogens with zero attached hydrogens (tertiary/aromatic N) is 1. The first-order chi connectivity index (χ1) is 10.3. The summed E-state index contributed by atoms with van der Waals surface area (Å²) in [5.74, 6) is 1.93. The Morgan fingerprint density at radius 1 is 1.29 bits per heavy atom. The second-order valence-corrected chi connectivity index (χ2v) is 5.34. The molecule has 1 unspecified atom stereocenters. The monoisotopic (exact) mass is 299 g/mol. The highest BCUT2D eigenvalue weighted by Crippen LogP contribution is 2.34. The van der Waals surface area contributed by atoms with Gasteiger partial charge in [0, 0.05) is 17.5 Å². The molecule has 0 fully saturated rings. The number of ether oxygens (including phenoxy) is 2. The van der Waals surface area contributed by atoms with Crippen molar-refractivity contribution >= 4 is 11.6 Å². The van der Waals surface area contributed by atoms with Gasteiger partial charge in [-0.25, -0.2) is 0 Å². The molecule has 1 atom stereocenters. The number of benzene rings is 2. The molecule has 0 aromatic heterocycles. The van der Waals surface area contributed by atoms with Crippen LogP contribution in [0.5, 0.6) is 11.5 Å². The van der Waals surface area contributed by atoms with Crippen molar-refractivity contribution in [2.75, 3.05) is 13.2 Å². The third kappa shape index (κ3) is 2.96. The zero-order chi connectivity index (χ0) is 14.7. The van der Waals surface area contributed by atoms with Crippen molar-refractivity contribution in [2.45, 2.75) is 12.3 Å². The minimum atomic E-state index is 0.310. The van der Waals surface area contributed by atoms with Crippen LogP contribution in [0, 0.1) is 11.3 Å². The van der Waals surface area contributed by atoms with E-state index in [9.17, 15) is 0 Å². The van der Waals surface area contributed by atoms with Gasteiger partial charge in [0.05, 0.1) is 23.8 Å². The average Bonchev–Trinajstić information content (AvgIpc) is 2.53. The standard InChI is InChI=1S/C17H14ClNO2/c18-16-9-14(6-5-12(16)10-19)21-11-13-7-8-20-17-4-2-1-3-15(13)17/h1-6,9,13H,7-8,11H2. The Morgan fingerprint density at radius 2 is 2.14 bits per heavy atom. The van der Waals surface area contributed by atoms with E-state index in [0.29, 0.717) is 35.5 Å². The number of hydrogen-bond donors (Lipinski definition) is 0. The number of para-hydroxylation sites is 1. The second-order valence-electron chi connectivity index (χ2n) is 4.94. The molecule has 4 heteroatoms. The smallest absolute Gasteiger partial charge is 0.122 e. The highest BCUT2D eigenvalue weighted by molar-refractivity contribution is 6.31. The third-order valence-electron chi connectivity index (χ3n) is 3.59. The van der Waals surface area contributed by atoms with Crippen LogP contribution in [0.1, 0.15) is 23.5 Å². The number of halogens is 1. The first-order valence-electron chi connectivity index (χ1n) is 6.82. The lowest BCUT2D eigenvalue weighted by molar-refractivity contribution is 0.217. The van der Waals surface area contributed by atoms with Gasteiger partial charge in [0.2, 0.25) is 0 Å². The predicted octanol–water partition coefficient (Wildman–Crippen LogP) is 4.16. The lowest BCUT2D eigenvalue weighted by Crippen LogP contribution is -2.19. The molecule has 3 rings (SSSR count). The zero-order valence-corrected chi connectivity index (χ0v) is 12.1. The highest BCUT2D eigenvalue weighted by atomic mass is 35.5. The number of nitriles is 1. The molecule has 1 heterocycles. The van der Waals surface area contributed by atoms with Gasteiger partial charge in [-0.2, -0.15) is 5.26 Å². The molecular weight excluding hydrogens is 286 g/mol. The van der Waals surface area contributed by atoms with Gasteiger partial charge in [-0.1, -0.05) is 29.8 Å². The number of fused-ring (bicyclic) bond motifs is 1. The van der Waals surface area contributed by atoms with Crippen LogP contribution in [0.4, 0.5) is 0 Å². The van der Waals surface area contributed by atoms with Crippen LogP contribution in [-0.4, -0.2) is 13.2 Å². The molecule has 21 heavy (non-hydrogen) atoms.